The lowest BCUT2D eigenvalue weighted by molar-refractivity contribution is -0.393. The number of ether oxygens (including phenoxy) is 1. The summed E-state index contributed by atoms with van der Waals surface area (Å²) in [5.41, 5.74) is -0.566. The standard InChI is InChI=1S/C17H17BrN6O7/c1-9(26)20-12-7-14(19-3-4-25)16(31-2)8-13(12)21-22-17-11(18)5-10(23(27)28)6-15(17)24(29)30/h5-8,19,25H,3-4H2,1-2H3,(H,20,26). The van der Waals surface area contributed by atoms with Crippen LogP contribution in [0.15, 0.2) is 39.0 Å². The summed E-state index contributed by atoms with van der Waals surface area (Å²) in [6, 6.07) is 4.78. The van der Waals surface area contributed by atoms with Gasteiger partial charge in [0.25, 0.3) is 5.69 Å². The molecule has 0 fully saturated rings. The third kappa shape index (κ3) is 5.93. The average Bonchev–Trinajstić information content (AvgIpc) is 2.70. The molecule has 2 aromatic rings. The van der Waals surface area contributed by atoms with Crippen LogP contribution >= 0.6 is 15.9 Å². The van der Waals surface area contributed by atoms with Crippen LogP contribution in [-0.4, -0.2) is 41.1 Å². The summed E-state index contributed by atoms with van der Waals surface area (Å²) in [6.07, 6.45) is 0. The summed E-state index contributed by atoms with van der Waals surface area (Å²) >= 11 is 3.04. The molecule has 0 bridgehead atoms. The van der Waals surface area contributed by atoms with Crippen molar-refractivity contribution in [1.29, 1.82) is 0 Å². The van der Waals surface area contributed by atoms with Crippen LogP contribution in [0.25, 0.3) is 0 Å². The number of aliphatic hydroxyl groups is 1. The summed E-state index contributed by atoms with van der Waals surface area (Å²) in [7, 11) is 1.40. The first kappa shape index (κ1) is 23.6. The maximum absolute atomic E-state index is 11.6. The highest BCUT2D eigenvalue weighted by Gasteiger charge is 2.23. The Labute approximate surface area is 183 Å². The lowest BCUT2D eigenvalue weighted by atomic mass is 10.2. The normalized spacial score (nSPS) is 10.7. The number of azo groups is 1. The number of carbonyl (C=O) groups excluding carboxylic acids is 1. The van der Waals surface area contributed by atoms with Crippen molar-refractivity contribution in [3.05, 3.63) is 49.0 Å². The fourth-order valence-electron chi connectivity index (χ4n) is 2.46. The number of nitro benzene ring substituents is 2. The Morgan fingerprint density at radius 1 is 1.16 bits per heavy atom. The van der Waals surface area contributed by atoms with E-state index >= 15 is 0 Å². The maximum Gasteiger partial charge on any atom is 0.304 e. The Morgan fingerprint density at radius 2 is 1.87 bits per heavy atom. The highest BCUT2D eigenvalue weighted by molar-refractivity contribution is 9.10. The number of nitrogens with one attached hydrogen (secondary N) is 2. The van der Waals surface area contributed by atoms with Crippen LogP contribution in [0.4, 0.5) is 34.1 Å². The zero-order valence-corrected chi connectivity index (χ0v) is 17.9. The highest BCUT2D eigenvalue weighted by atomic mass is 79.9. The zero-order chi connectivity index (χ0) is 23.1. The van der Waals surface area contributed by atoms with E-state index in [0.29, 0.717) is 11.4 Å². The van der Waals surface area contributed by atoms with Gasteiger partial charge in [-0.05, 0) is 22.0 Å². The Morgan fingerprint density at radius 3 is 2.42 bits per heavy atom. The molecule has 13 nitrogen and oxygen atoms in total. The Balaban J connectivity index is 2.60. The van der Waals surface area contributed by atoms with E-state index in [2.05, 4.69) is 36.8 Å². The summed E-state index contributed by atoms with van der Waals surface area (Å²) in [5.74, 6) is -0.0917. The van der Waals surface area contributed by atoms with Crippen LogP contribution in [-0.2, 0) is 4.79 Å². The summed E-state index contributed by atoms with van der Waals surface area (Å²) in [5, 5.41) is 44.7. The van der Waals surface area contributed by atoms with Gasteiger partial charge in [-0.3, -0.25) is 25.0 Å². The third-order valence-electron chi connectivity index (χ3n) is 3.75. The minimum atomic E-state index is -0.816. The van der Waals surface area contributed by atoms with Gasteiger partial charge in [-0.25, -0.2) is 0 Å². The van der Waals surface area contributed by atoms with E-state index in [1.165, 1.54) is 26.2 Å². The predicted molar refractivity (Wildman–Crippen MR) is 115 cm³/mol. The van der Waals surface area contributed by atoms with Gasteiger partial charge in [-0.2, -0.15) is 0 Å². The number of rotatable bonds is 9. The van der Waals surface area contributed by atoms with Crippen molar-refractivity contribution < 1.29 is 24.5 Å². The van der Waals surface area contributed by atoms with E-state index < -0.39 is 27.1 Å². The molecule has 0 atom stereocenters. The number of benzene rings is 2. The first-order chi connectivity index (χ1) is 14.7. The minimum absolute atomic E-state index is 0.00794. The minimum Gasteiger partial charge on any atom is -0.495 e. The van der Waals surface area contributed by atoms with Crippen molar-refractivity contribution in [3.63, 3.8) is 0 Å². The number of carbonyl (C=O) groups is 1. The number of nitro groups is 2. The number of hydrogen-bond donors (Lipinski definition) is 3. The molecule has 3 N–H and O–H groups in total. The SMILES string of the molecule is COc1cc(N=Nc2c(Br)cc([N+](=O)[O-])cc2[N+](=O)[O-])c(NC(C)=O)cc1NCCO. The molecule has 0 saturated carbocycles. The van der Waals surface area contributed by atoms with Crippen LogP contribution < -0.4 is 15.4 Å². The zero-order valence-electron chi connectivity index (χ0n) is 16.3. The molecule has 0 aromatic heterocycles. The smallest absolute Gasteiger partial charge is 0.304 e. The van der Waals surface area contributed by atoms with Crippen LogP contribution in [0.3, 0.4) is 0 Å². The second-order valence-corrected chi connectivity index (χ2v) is 6.77. The number of aliphatic hydroxyl groups excluding tert-OH is 1. The number of non-ortho nitro benzene ring substituents is 1. The molecule has 164 valence electrons. The molecule has 0 aliphatic carbocycles. The fraction of sp³-hybridized carbons (Fsp3) is 0.235. The number of halogens is 1. The van der Waals surface area contributed by atoms with Crippen molar-refractivity contribution in [3.8, 4) is 5.75 Å². The lowest BCUT2D eigenvalue weighted by Gasteiger charge is -2.14. The van der Waals surface area contributed by atoms with E-state index in [1.807, 2.05) is 0 Å². The van der Waals surface area contributed by atoms with Crippen molar-refractivity contribution in [2.75, 3.05) is 30.9 Å². The summed E-state index contributed by atoms with van der Waals surface area (Å²) in [6.45, 7) is 1.36. The first-order valence-corrected chi connectivity index (χ1v) is 9.35. The molecule has 0 radical (unpaired) electrons. The Hall–Kier alpha value is -3.65. The van der Waals surface area contributed by atoms with Gasteiger partial charge in [0.2, 0.25) is 5.91 Å². The van der Waals surface area contributed by atoms with Crippen molar-refractivity contribution in [2.24, 2.45) is 10.2 Å². The van der Waals surface area contributed by atoms with Gasteiger partial charge in [0.05, 0.1) is 45.5 Å². The predicted octanol–water partition coefficient (Wildman–Crippen LogP) is 4.05. The average molecular weight is 497 g/mol. The van der Waals surface area contributed by atoms with E-state index in [1.54, 1.807) is 0 Å². The van der Waals surface area contributed by atoms with Gasteiger partial charge >= 0.3 is 5.69 Å². The van der Waals surface area contributed by atoms with Gasteiger partial charge in [0.15, 0.2) is 5.69 Å². The largest absolute Gasteiger partial charge is 0.495 e. The van der Waals surface area contributed by atoms with E-state index in [-0.39, 0.29) is 34.7 Å². The molecule has 2 aromatic carbocycles. The van der Waals surface area contributed by atoms with Crippen LogP contribution in [0.1, 0.15) is 6.92 Å². The molecule has 0 saturated heterocycles. The molecular weight excluding hydrogens is 480 g/mol. The third-order valence-corrected chi connectivity index (χ3v) is 4.35. The molecule has 0 aliphatic rings. The molecule has 0 spiro atoms. The monoisotopic (exact) mass is 496 g/mol. The number of hydrogen-bond acceptors (Lipinski definition) is 10. The lowest BCUT2D eigenvalue weighted by Crippen LogP contribution is -2.09. The van der Waals surface area contributed by atoms with Gasteiger partial charge in [-0.15, -0.1) is 10.2 Å². The first-order valence-electron chi connectivity index (χ1n) is 8.56. The quantitative estimate of drug-likeness (QED) is 0.263. The molecule has 1 amide bonds. The Kier molecular flexibility index (Phi) is 7.93. The Bertz CT molecular complexity index is 1060. The number of nitrogens with zero attached hydrogens (tertiary/aromatic N) is 4. The van der Waals surface area contributed by atoms with Crippen molar-refractivity contribution in [2.45, 2.75) is 6.92 Å². The number of amides is 1. The molecule has 14 heteroatoms. The molecule has 2 rings (SSSR count). The highest BCUT2D eigenvalue weighted by Crippen LogP contribution is 2.42. The van der Waals surface area contributed by atoms with Gasteiger partial charge in [-0.1, -0.05) is 0 Å². The van der Waals surface area contributed by atoms with Crippen LogP contribution in [0, 0.1) is 20.2 Å². The van der Waals surface area contributed by atoms with Gasteiger partial charge in [0, 0.05) is 25.6 Å². The topological polar surface area (TPSA) is 182 Å². The fourth-order valence-corrected chi connectivity index (χ4v) is 2.97. The number of anilines is 2. The second-order valence-electron chi connectivity index (χ2n) is 5.91. The molecule has 0 unspecified atom stereocenters. The summed E-state index contributed by atoms with van der Waals surface area (Å²) < 4.78 is 5.26. The van der Waals surface area contributed by atoms with Crippen molar-refractivity contribution >= 4 is 56.0 Å². The second kappa shape index (κ2) is 10.4. The van der Waals surface area contributed by atoms with E-state index in [0.717, 1.165) is 12.1 Å². The van der Waals surface area contributed by atoms with Crippen LogP contribution in [0.2, 0.25) is 0 Å². The van der Waals surface area contributed by atoms with E-state index in [9.17, 15) is 25.0 Å². The van der Waals surface area contributed by atoms with E-state index in [4.69, 9.17) is 9.84 Å². The summed E-state index contributed by atoms with van der Waals surface area (Å²) in [4.78, 5) is 32.3. The molecule has 0 aliphatic heterocycles. The molecule has 31 heavy (non-hydrogen) atoms. The van der Waals surface area contributed by atoms with Gasteiger partial charge < -0.3 is 20.5 Å². The van der Waals surface area contributed by atoms with Gasteiger partial charge in [0.1, 0.15) is 11.4 Å². The number of methoxy groups -OCH3 is 1. The van der Waals surface area contributed by atoms with Crippen LogP contribution in [0.5, 0.6) is 5.75 Å². The molecule has 0 heterocycles. The maximum atomic E-state index is 11.6. The molecular formula is C17H17BrN6O7. The van der Waals surface area contributed by atoms with Crippen molar-refractivity contribution in [1.82, 2.24) is 0 Å².